The molecule has 0 saturated heterocycles. The third-order valence-electron chi connectivity index (χ3n) is 2.57. The first kappa shape index (κ1) is 15.9. The molecule has 0 heterocycles. The van der Waals surface area contributed by atoms with Crippen LogP contribution in [0.25, 0.3) is 0 Å². The van der Waals surface area contributed by atoms with Gasteiger partial charge in [0.25, 0.3) is 0 Å². The minimum atomic E-state index is -1.35. The van der Waals surface area contributed by atoms with Crippen LogP contribution in [-0.2, 0) is 4.74 Å². The Balaban J connectivity index is 2.62. The summed E-state index contributed by atoms with van der Waals surface area (Å²) in [6, 6.07) is 2.98. The van der Waals surface area contributed by atoms with Gasteiger partial charge in [0, 0.05) is 25.9 Å². The number of nitrogens with zero attached hydrogens (tertiary/aromatic N) is 1. The minimum Gasteiger partial charge on any atom is -0.478 e. The smallest absolute Gasteiger partial charge is 0.338 e. The fraction of sp³-hybridized carbons (Fsp3) is 0.385. The number of urea groups is 1. The van der Waals surface area contributed by atoms with Crippen molar-refractivity contribution >= 4 is 17.7 Å². The van der Waals surface area contributed by atoms with E-state index in [0.29, 0.717) is 19.8 Å². The molecule has 0 spiro atoms. The number of nitrogens with one attached hydrogen (secondary N) is 1. The number of benzene rings is 1. The summed E-state index contributed by atoms with van der Waals surface area (Å²) in [5.41, 5.74) is -0.242. The van der Waals surface area contributed by atoms with Gasteiger partial charge in [-0.15, -0.1) is 0 Å². The van der Waals surface area contributed by atoms with Gasteiger partial charge in [0.05, 0.1) is 12.2 Å². The molecule has 0 radical (unpaired) electrons. The van der Waals surface area contributed by atoms with Crippen molar-refractivity contribution in [3.63, 3.8) is 0 Å². The van der Waals surface area contributed by atoms with E-state index in [-0.39, 0.29) is 5.69 Å². The number of likely N-dealkylation sites (N-methyl/N-ethyl adjacent to an activating group) is 1. The molecule has 0 aliphatic rings. The Bertz CT molecular complexity index is 493. The van der Waals surface area contributed by atoms with E-state index in [1.165, 1.54) is 11.0 Å². The molecule has 0 fully saturated rings. The molecule has 20 heavy (non-hydrogen) atoms. The van der Waals surface area contributed by atoms with Gasteiger partial charge in [0.15, 0.2) is 0 Å². The van der Waals surface area contributed by atoms with Crippen LogP contribution in [0.3, 0.4) is 0 Å². The largest absolute Gasteiger partial charge is 0.478 e. The Morgan fingerprint density at radius 3 is 2.70 bits per heavy atom. The molecule has 1 aromatic carbocycles. The van der Waals surface area contributed by atoms with Gasteiger partial charge in [-0.05, 0) is 25.1 Å². The molecule has 1 aromatic rings. The van der Waals surface area contributed by atoms with E-state index >= 15 is 0 Å². The Morgan fingerprint density at radius 1 is 1.45 bits per heavy atom. The van der Waals surface area contributed by atoms with Crippen LogP contribution in [0.5, 0.6) is 0 Å². The third kappa shape index (κ3) is 4.51. The highest BCUT2D eigenvalue weighted by Gasteiger charge is 2.13. The molecule has 2 amide bonds. The van der Waals surface area contributed by atoms with Crippen molar-refractivity contribution in [2.75, 3.05) is 32.1 Å². The van der Waals surface area contributed by atoms with Gasteiger partial charge >= 0.3 is 12.0 Å². The molecule has 0 aliphatic carbocycles. The quantitative estimate of drug-likeness (QED) is 0.783. The fourth-order valence-corrected chi connectivity index (χ4v) is 1.43. The summed E-state index contributed by atoms with van der Waals surface area (Å²) < 4.78 is 18.6. The first-order valence-electron chi connectivity index (χ1n) is 6.08. The molecule has 110 valence electrons. The molecule has 0 unspecified atom stereocenters. The van der Waals surface area contributed by atoms with Crippen molar-refractivity contribution in [2.45, 2.75) is 6.92 Å². The summed E-state index contributed by atoms with van der Waals surface area (Å²) >= 11 is 0. The van der Waals surface area contributed by atoms with Crippen molar-refractivity contribution in [1.29, 1.82) is 0 Å². The van der Waals surface area contributed by atoms with Crippen LogP contribution in [0.15, 0.2) is 18.2 Å². The zero-order valence-corrected chi connectivity index (χ0v) is 11.4. The Morgan fingerprint density at radius 2 is 2.15 bits per heavy atom. The molecule has 6 nitrogen and oxygen atoms in total. The number of hydrogen-bond acceptors (Lipinski definition) is 3. The second-order valence-corrected chi connectivity index (χ2v) is 4.05. The maximum Gasteiger partial charge on any atom is 0.338 e. The second-order valence-electron chi connectivity index (χ2n) is 4.05. The summed E-state index contributed by atoms with van der Waals surface area (Å²) in [5.74, 6) is -2.25. The van der Waals surface area contributed by atoms with Crippen LogP contribution in [0, 0.1) is 5.82 Å². The van der Waals surface area contributed by atoms with Crippen molar-refractivity contribution in [1.82, 2.24) is 4.90 Å². The normalized spacial score (nSPS) is 10.2. The standard InChI is InChI=1S/C13H17FN2O4/c1-3-20-7-6-16(2)13(19)15-9-4-5-10(12(17)18)11(14)8-9/h4-5,8H,3,6-7H2,1-2H3,(H,15,19)(H,17,18). The lowest BCUT2D eigenvalue weighted by Gasteiger charge is -2.17. The van der Waals surface area contributed by atoms with Gasteiger partial charge in [0.1, 0.15) is 5.82 Å². The minimum absolute atomic E-state index is 0.195. The number of hydrogen-bond donors (Lipinski definition) is 2. The molecule has 0 aromatic heterocycles. The van der Waals surface area contributed by atoms with Gasteiger partial charge < -0.3 is 20.1 Å². The number of carboxylic acids is 1. The topological polar surface area (TPSA) is 78.9 Å². The first-order valence-corrected chi connectivity index (χ1v) is 6.08. The molecule has 0 saturated carbocycles. The van der Waals surface area contributed by atoms with Gasteiger partial charge in [-0.2, -0.15) is 0 Å². The van der Waals surface area contributed by atoms with Crippen LogP contribution in [0.4, 0.5) is 14.9 Å². The van der Waals surface area contributed by atoms with Crippen LogP contribution in [0.2, 0.25) is 0 Å². The van der Waals surface area contributed by atoms with E-state index in [1.807, 2.05) is 6.92 Å². The van der Waals surface area contributed by atoms with E-state index in [4.69, 9.17) is 9.84 Å². The molecule has 7 heteroatoms. The van der Waals surface area contributed by atoms with Crippen LogP contribution in [-0.4, -0.2) is 48.8 Å². The predicted molar refractivity (Wildman–Crippen MR) is 71.5 cm³/mol. The van der Waals surface area contributed by atoms with Crippen LogP contribution in [0.1, 0.15) is 17.3 Å². The lowest BCUT2D eigenvalue weighted by molar-refractivity contribution is 0.0692. The number of carboxylic acid groups (broad SMARTS) is 1. The molecule has 2 N–H and O–H groups in total. The number of carbonyl (C=O) groups excluding carboxylic acids is 1. The lowest BCUT2D eigenvalue weighted by atomic mass is 10.2. The average molecular weight is 284 g/mol. The van der Waals surface area contributed by atoms with Crippen LogP contribution >= 0.6 is 0 Å². The van der Waals surface area contributed by atoms with E-state index < -0.39 is 23.4 Å². The lowest BCUT2D eigenvalue weighted by Crippen LogP contribution is -2.34. The molecule has 0 aliphatic heterocycles. The van der Waals surface area contributed by atoms with E-state index in [9.17, 15) is 14.0 Å². The van der Waals surface area contributed by atoms with Crippen molar-refractivity contribution in [2.24, 2.45) is 0 Å². The van der Waals surface area contributed by atoms with Gasteiger partial charge in [-0.25, -0.2) is 14.0 Å². The Hall–Kier alpha value is -2.15. The summed E-state index contributed by atoms with van der Waals surface area (Å²) in [5, 5.41) is 11.2. The number of ether oxygens (including phenoxy) is 1. The average Bonchev–Trinajstić information content (AvgIpc) is 2.38. The summed E-state index contributed by atoms with van der Waals surface area (Å²) in [7, 11) is 1.58. The zero-order chi connectivity index (χ0) is 15.1. The Kier molecular flexibility index (Phi) is 5.92. The number of anilines is 1. The SMILES string of the molecule is CCOCCN(C)C(=O)Nc1ccc(C(=O)O)c(F)c1. The Labute approximate surface area is 116 Å². The third-order valence-corrected chi connectivity index (χ3v) is 2.57. The number of rotatable bonds is 6. The zero-order valence-electron chi connectivity index (χ0n) is 11.4. The first-order chi connectivity index (χ1) is 9.45. The molecule has 0 atom stereocenters. The summed E-state index contributed by atoms with van der Waals surface area (Å²) in [4.78, 5) is 23.8. The van der Waals surface area contributed by atoms with E-state index in [0.717, 1.165) is 12.1 Å². The maximum atomic E-state index is 13.4. The van der Waals surface area contributed by atoms with E-state index in [1.54, 1.807) is 7.05 Å². The van der Waals surface area contributed by atoms with Crippen molar-refractivity contribution in [3.05, 3.63) is 29.6 Å². The van der Waals surface area contributed by atoms with E-state index in [2.05, 4.69) is 5.32 Å². The van der Waals surface area contributed by atoms with Crippen molar-refractivity contribution < 1.29 is 23.8 Å². The predicted octanol–water partition coefficient (Wildman–Crippen LogP) is 2.02. The number of amides is 2. The van der Waals surface area contributed by atoms with Crippen LogP contribution < -0.4 is 5.32 Å². The van der Waals surface area contributed by atoms with Gasteiger partial charge in [-0.3, -0.25) is 0 Å². The molecule has 1 rings (SSSR count). The molecular weight excluding hydrogens is 267 g/mol. The van der Waals surface area contributed by atoms with Gasteiger partial charge in [0.2, 0.25) is 0 Å². The highest BCUT2D eigenvalue weighted by molar-refractivity contribution is 5.91. The highest BCUT2D eigenvalue weighted by Crippen LogP contribution is 2.15. The number of halogens is 1. The van der Waals surface area contributed by atoms with Gasteiger partial charge in [-0.1, -0.05) is 0 Å². The molecule has 0 bridgehead atoms. The maximum absolute atomic E-state index is 13.4. The molecular formula is C13H17FN2O4. The van der Waals surface area contributed by atoms with Crippen molar-refractivity contribution in [3.8, 4) is 0 Å². The number of aromatic carboxylic acids is 1. The highest BCUT2D eigenvalue weighted by atomic mass is 19.1. The number of carbonyl (C=O) groups is 2. The fourth-order valence-electron chi connectivity index (χ4n) is 1.43. The second kappa shape index (κ2) is 7.44. The monoisotopic (exact) mass is 284 g/mol. The summed E-state index contributed by atoms with van der Waals surface area (Å²) in [6.45, 7) is 3.23. The summed E-state index contributed by atoms with van der Waals surface area (Å²) in [6.07, 6.45) is 0.